The Hall–Kier alpha value is -3.45. The van der Waals surface area contributed by atoms with Crippen LogP contribution >= 0.6 is 11.6 Å². The third-order valence-corrected chi connectivity index (χ3v) is 4.90. The molecule has 8 heteroatoms. The smallest absolute Gasteiger partial charge is 0.293 e. The Bertz CT molecular complexity index is 1250. The van der Waals surface area contributed by atoms with E-state index in [1.165, 1.54) is 4.52 Å². The first-order chi connectivity index (χ1) is 14.0. The fourth-order valence-corrected chi connectivity index (χ4v) is 3.26. The molecular weight excluding hydrogens is 390 g/mol. The lowest BCUT2D eigenvalue weighted by molar-refractivity contribution is -0.122. The van der Waals surface area contributed by atoms with Gasteiger partial charge >= 0.3 is 0 Å². The Morgan fingerprint density at radius 2 is 1.79 bits per heavy atom. The average Bonchev–Trinajstić information content (AvgIpc) is 3.18. The standard InChI is InChI=1S/C21H18ClN5O2/c1-14-24-26(13-20(28)23-12-16-9-5-6-10-17(16)22)21(29)19-11-18(25-27(14)19)15-7-3-2-4-8-15/h2-11H,12-13H2,1H3,(H,23,28). The van der Waals surface area contributed by atoms with E-state index in [1.54, 1.807) is 19.1 Å². The van der Waals surface area contributed by atoms with Gasteiger partial charge in [-0.25, -0.2) is 9.20 Å². The van der Waals surface area contributed by atoms with Crippen molar-refractivity contribution in [2.45, 2.75) is 20.0 Å². The third-order valence-electron chi connectivity index (χ3n) is 4.53. The molecule has 0 fully saturated rings. The highest BCUT2D eigenvalue weighted by Crippen LogP contribution is 2.18. The molecule has 0 spiro atoms. The monoisotopic (exact) mass is 407 g/mol. The number of aryl methyl sites for hydroxylation is 1. The van der Waals surface area contributed by atoms with Crippen LogP contribution < -0.4 is 10.9 Å². The topological polar surface area (TPSA) is 81.3 Å². The van der Waals surface area contributed by atoms with Gasteiger partial charge in [-0.15, -0.1) is 0 Å². The van der Waals surface area contributed by atoms with Crippen LogP contribution in [0, 0.1) is 6.92 Å². The maximum absolute atomic E-state index is 12.8. The van der Waals surface area contributed by atoms with Gasteiger partial charge in [-0.1, -0.05) is 60.1 Å². The number of nitrogens with zero attached hydrogens (tertiary/aromatic N) is 4. The van der Waals surface area contributed by atoms with Crippen LogP contribution in [0.3, 0.4) is 0 Å². The first-order valence-electron chi connectivity index (χ1n) is 9.06. The number of fused-ring (bicyclic) bond motifs is 1. The van der Waals surface area contributed by atoms with Crippen molar-refractivity contribution in [2.75, 3.05) is 0 Å². The molecule has 0 aliphatic carbocycles. The first-order valence-corrected chi connectivity index (χ1v) is 9.44. The maximum Gasteiger partial charge on any atom is 0.293 e. The van der Waals surface area contributed by atoms with Gasteiger partial charge < -0.3 is 5.32 Å². The van der Waals surface area contributed by atoms with E-state index < -0.39 is 0 Å². The molecule has 1 amide bonds. The van der Waals surface area contributed by atoms with Gasteiger partial charge in [0.05, 0.1) is 5.69 Å². The highest BCUT2D eigenvalue weighted by molar-refractivity contribution is 6.31. The SMILES string of the molecule is Cc1nn(CC(=O)NCc2ccccc2Cl)c(=O)c2cc(-c3ccccc3)nn12. The number of amides is 1. The van der Waals surface area contributed by atoms with E-state index >= 15 is 0 Å². The second-order valence-corrected chi connectivity index (χ2v) is 6.98. The van der Waals surface area contributed by atoms with Crippen LogP contribution in [0.4, 0.5) is 0 Å². The Balaban J connectivity index is 1.58. The van der Waals surface area contributed by atoms with Crippen molar-refractivity contribution in [1.29, 1.82) is 0 Å². The molecule has 0 radical (unpaired) electrons. The lowest BCUT2D eigenvalue weighted by Crippen LogP contribution is -2.34. The number of aromatic nitrogens is 4. The minimum Gasteiger partial charge on any atom is -0.350 e. The Labute approximate surface area is 171 Å². The molecule has 0 atom stereocenters. The lowest BCUT2D eigenvalue weighted by atomic mass is 10.1. The van der Waals surface area contributed by atoms with Crippen molar-refractivity contribution in [1.82, 2.24) is 24.7 Å². The zero-order chi connectivity index (χ0) is 20.4. The summed E-state index contributed by atoms with van der Waals surface area (Å²) in [7, 11) is 0. The summed E-state index contributed by atoms with van der Waals surface area (Å²) in [6.45, 7) is 1.83. The zero-order valence-electron chi connectivity index (χ0n) is 15.7. The molecule has 0 saturated heterocycles. The molecule has 1 N–H and O–H groups in total. The summed E-state index contributed by atoms with van der Waals surface area (Å²) in [5.41, 5.74) is 2.37. The second-order valence-electron chi connectivity index (χ2n) is 6.57. The number of hydrogen-bond acceptors (Lipinski definition) is 4. The number of rotatable bonds is 5. The summed E-state index contributed by atoms with van der Waals surface area (Å²) in [5.74, 6) is 0.187. The van der Waals surface area contributed by atoms with Crippen molar-refractivity contribution >= 4 is 23.0 Å². The fourth-order valence-electron chi connectivity index (χ4n) is 3.06. The Morgan fingerprint density at radius 3 is 2.55 bits per heavy atom. The van der Waals surface area contributed by atoms with E-state index in [1.807, 2.05) is 48.5 Å². The molecule has 0 aliphatic heterocycles. The van der Waals surface area contributed by atoms with Crippen LogP contribution in [-0.4, -0.2) is 25.3 Å². The van der Waals surface area contributed by atoms with Gasteiger partial charge in [0.15, 0.2) is 0 Å². The van der Waals surface area contributed by atoms with E-state index in [2.05, 4.69) is 15.5 Å². The molecule has 0 unspecified atom stereocenters. The number of carbonyl (C=O) groups is 1. The van der Waals surface area contributed by atoms with Crippen LogP contribution in [-0.2, 0) is 17.9 Å². The minimum absolute atomic E-state index is 0.188. The molecule has 0 saturated carbocycles. The number of hydrogen-bond donors (Lipinski definition) is 1. The van der Waals surface area contributed by atoms with Crippen LogP contribution in [0.25, 0.3) is 16.8 Å². The number of carbonyl (C=O) groups excluding carboxylic acids is 1. The van der Waals surface area contributed by atoms with Gasteiger partial charge in [-0.05, 0) is 24.6 Å². The van der Waals surface area contributed by atoms with Crippen molar-refractivity contribution in [3.05, 3.63) is 87.4 Å². The molecule has 4 aromatic rings. The molecule has 0 bridgehead atoms. The fraction of sp³-hybridized carbons (Fsp3) is 0.143. The Kier molecular flexibility index (Phi) is 5.14. The molecule has 0 aliphatic rings. The van der Waals surface area contributed by atoms with Crippen LogP contribution in [0.1, 0.15) is 11.4 Å². The van der Waals surface area contributed by atoms with Gasteiger partial charge in [0.1, 0.15) is 17.9 Å². The van der Waals surface area contributed by atoms with Crippen molar-refractivity contribution < 1.29 is 4.79 Å². The summed E-state index contributed by atoms with van der Waals surface area (Å²) in [6.07, 6.45) is 0. The van der Waals surface area contributed by atoms with Crippen LogP contribution in [0.5, 0.6) is 0 Å². The van der Waals surface area contributed by atoms with Gasteiger partial charge in [-0.2, -0.15) is 10.2 Å². The van der Waals surface area contributed by atoms with Gasteiger partial charge in [0.25, 0.3) is 5.56 Å². The summed E-state index contributed by atoms with van der Waals surface area (Å²) in [5, 5.41) is 12.1. The van der Waals surface area contributed by atoms with E-state index in [4.69, 9.17) is 11.6 Å². The quantitative estimate of drug-likeness (QED) is 0.551. The van der Waals surface area contributed by atoms with Gasteiger partial charge in [0, 0.05) is 17.1 Å². The highest BCUT2D eigenvalue weighted by Gasteiger charge is 2.14. The van der Waals surface area contributed by atoms with E-state index in [9.17, 15) is 9.59 Å². The van der Waals surface area contributed by atoms with Gasteiger partial charge in [0.2, 0.25) is 5.91 Å². The van der Waals surface area contributed by atoms with E-state index in [0.717, 1.165) is 15.8 Å². The largest absolute Gasteiger partial charge is 0.350 e. The molecular formula is C21H18ClN5O2. The predicted octanol–water partition coefficient (Wildman–Crippen LogP) is 2.84. The molecule has 7 nitrogen and oxygen atoms in total. The molecule has 2 aromatic carbocycles. The maximum atomic E-state index is 12.8. The number of benzene rings is 2. The van der Waals surface area contributed by atoms with Crippen molar-refractivity contribution in [2.24, 2.45) is 0 Å². The van der Waals surface area contributed by atoms with Crippen molar-refractivity contribution in [3.8, 4) is 11.3 Å². The first kappa shape index (κ1) is 18.9. The molecule has 29 heavy (non-hydrogen) atoms. The van der Waals surface area contributed by atoms with E-state index in [0.29, 0.717) is 22.1 Å². The molecule has 2 heterocycles. The number of halogens is 1. The summed E-state index contributed by atoms with van der Waals surface area (Å²) < 4.78 is 2.66. The predicted molar refractivity (Wildman–Crippen MR) is 111 cm³/mol. The second kappa shape index (κ2) is 7.89. The van der Waals surface area contributed by atoms with Gasteiger partial charge in [-0.3, -0.25) is 9.59 Å². The van der Waals surface area contributed by atoms with Crippen LogP contribution in [0.15, 0.2) is 65.5 Å². The number of nitrogens with one attached hydrogen (secondary N) is 1. The zero-order valence-corrected chi connectivity index (χ0v) is 16.4. The minimum atomic E-state index is -0.377. The summed E-state index contributed by atoms with van der Waals surface area (Å²) >= 11 is 6.10. The van der Waals surface area contributed by atoms with E-state index in [-0.39, 0.29) is 24.6 Å². The average molecular weight is 408 g/mol. The molecule has 2 aromatic heterocycles. The lowest BCUT2D eigenvalue weighted by Gasteiger charge is -2.09. The molecule has 146 valence electrons. The normalized spacial score (nSPS) is 11.0. The third kappa shape index (κ3) is 3.90. The van der Waals surface area contributed by atoms with Crippen LogP contribution in [0.2, 0.25) is 5.02 Å². The van der Waals surface area contributed by atoms with Crippen molar-refractivity contribution in [3.63, 3.8) is 0 Å². The highest BCUT2D eigenvalue weighted by atomic mass is 35.5. The summed E-state index contributed by atoms with van der Waals surface area (Å²) in [6, 6.07) is 18.6. The summed E-state index contributed by atoms with van der Waals surface area (Å²) in [4.78, 5) is 25.2. The molecule has 4 rings (SSSR count). The Morgan fingerprint density at radius 1 is 1.07 bits per heavy atom.